The molecule has 3 heteroatoms. The summed E-state index contributed by atoms with van der Waals surface area (Å²) in [4.78, 5) is 14.9. The summed E-state index contributed by atoms with van der Waals surface area (Å²) >= 11 is 0. The third kappa shape index (κ3) is 3.30. The normalized spacial score (nSPS) is 26.4. The summed E-state index contributed by atoms with van der Waals surface area (Å²) in [6, 6.07) is 6.76. The van der Waals surface area contributed by atoms with Gasteiger partial charge in [0.15, 0.2) is 0 Å². The molecule has 2 unspecified atom stereocenters. The zero-order valence-corrected chi connectivity index (χ0v) is 15.5. The molecule has 0 spiro atoms. The highest BCUT2D eigenvalue weighted by Gasteiger charge is 2.43. The van der Waals surface area contributed by atoms with E-state index in [4.69, 9.17) is 4.74 Å². The Morgan fingerprint density at radius 3 is 2.80 bits per heavy atom. The molecule has 0 N–H and O–H groups in total. The van der Waals surface area contributed by atoms with Crippen molar-refractivity contribution in [2.45, 2.75) is 76.2 Å². The molecule has 4 rings (SSSR count). The van der Waals surface area contributed by atoms with Gasteiger partial charge in [-0.25, -0.2) is 0 Å². The number of hydrogen-bond acceptors (Lipinski definition) is 2. The SMILES string of the molecule is COc1cccc2c1CCC1C2CC(=O)N1CCCC1CCCCC1. The van der Waals surface area contributed by atoms with Gasteiger partial charge < -0.3 is 9.64 Å². The Balaban J connectivity index is 1.41. The predicted molar refractivity (Wildman–Crippen MR) is 100.0 cm³/mol. The number of methoxy groups -OCH3 is 1. The Kier molecular flexibility index (Phi) is 5.00. The lowest BCUT2D eigenvalue weighted by Gasteiger charge is -2.34. The van der Waals surface area contributed by atoms with Crippen LogP contribution in [0.4, 0.5) is 0 Å². The minimum absolute atomic E-state index is 0.370. The van der Waals surface area contributed by atoms with E-state index < -0.39 is 0 Å². The van der Waals surface area contributed by atoms with Crippen LogP contribution in [0.15, 0.2) is 18.2 Å². The van der Waals surface area contributed by atoms with Crippen molar-refractivity contribution in [3.63, 3.8) is 0 Å². The first-order chi connectivity index (χ1) is 12.3. The second kappa shape index (κ2) is 7.39. The number of hydrogen-bond donors (Lipinski definition) is 0. The molecule has 1 aliphatic heterocycles. The maximum Gasteiger partial charge on any atom is 0.223 e. The molecule has 1 amide bonds. The van der Waals surface area contributed by atoms with Gasteiger partial charge in [-0.2, -0.15) is 0 Å². The summed E-state index contributed by atoms with van der Waals surface area (Å²) < 4.78 is 5.55. The van der Waals surface area contributed by atoms with Crippen LogP contribution in [0.1, 0.15) is 74.8 Å². The summed E-state index contributed by atoms with van der Waals surface area (Å²) in [6.45, 7) is 0.968. The largest absolute Gasteiger partial charge is 0.496 e. The van der Waals surface area contributed by atoms with Crippen molar-refractivity contribution in [3.8, 4) is 5.75 Å². The quantitative estimate of drug-likeness (QED) is 0.778. The first kappa shape index (κ1) is 16.9. The first-order valence-electron chi connectivity index (χ1n) is 10.2. The van der Waals surface area contributed by atoms with Crippen molar-refractivity contribution in [2.75, 3.05) is 13.7 Å². The molecule has 1 aromatic rings. The lowest BCUT2D eigenvalue weighted by molar-refractivity contribution is -0.129. The molecule has 3 nitrogen and oxygen atoms in total. The molecule has 0 bridgehead atoms. The third-order valence-corrected chi connectivity index (χ3v) is 6.79. The van der Waals surface area contributed by atoms with Gasteiger partial charge in [0.25, 0.3) is 0 Å². The minimum atomic E-state index is 0.370. The molecule has 2 atom stereocenters. The second-order valence-corrected chi connectivity index (χ2v) is 8.18. The predicted octanol–water partition coefficient (Wildman–Crippen LogP) is 4.69. The molecule has 1 heterocycles. The van der Waals surface area contributed by atoms with Crippen LogP contribution in [0, 0.1) is 5.92 Å². The molecule has 1 aromatic carbocycles. The van der Waals surface area contributed by atoms with E-state index in [1.54, 1.807) is 7.11 Å². The number of nitrogens with zero attached hydrogens (tertiary/aromatic N) is 1. The highest BCUT2D eigenvalue weighted by molar-refractivity contribution is 5.81. The standard InChI is InChI=1S/C22H31NO2/c1-25-21-11-5-10-17-18(21)12-13-20-19(17)15-22(24)23(20)14-6-9-16-7-3-2-4-8-16/h5,10-11,16,19-20H,2-4,6-9,12-15H2,1H3. The van der Waals surface area contributed by atoms with E-state index in [0.29, 0.717) is 24.3 Å². The van der Waals surface area contributed by atoms with E-state index in [9.17, 15) is 4.79 Å². The molecule has 2 fully saturated rings. The molecule has 0 aromatic heterocycles. The van der Waals surface area contributed by atoms with Crippen LogP contribution in [-0.2, 0) is 11.2 Å². The molecular weight excluding hydrogens is 310 g/mol. The lowest BCUT2D eigenvalue weighted by Crippen LogP contribution is -2.38. The fourth-order valence-corrected chi connectivity index (χ4v) is 5.52. The number of benzene rings is 1. The van der Waals surface area contributed by atoms with Gasteiger partial charge in [-0.15, -0.1) is 0 Å². The first-order valence-corrected chi connectivity index (χ1v) is 10.2. The summed E-state index contributed by atoms with van der Waals surface area (Å²) in [6.07, 6.45) is 12.4. The van der Waals surface area contributed by atoms with Crippen LogP contribution >= 0.6 is 0 Å². The van der Waals surface area contributed by atoms with Gasteiger partial charge in [-0.05, 0) is 48.8 Å². The van der Waals surface area contributed by atoms with Gasteiger partial charge in [0.1, 0.15) is 5.75 Å². The number of fused-ring (bicyclic) bond motifs is 3. The van der Waals surface area contributed by atoms with Gasteiger partial charge in [0.05, 0.1) is 7.11 Å². The molecule has 3 aliphatic rings. The summed E-state index contributed by atoms with van der Waals surface area (Å²) in [5.74, 6) is 2.66. The number of amides is 1. The Bertz CT molecular complexity index is 620. The average Bonchev–Trinajstić information content (AvgIpc) is 2.98. The van der Waals surface area contributed by atoms with Gasteiger partial charge >= 0.3 is 0 Å². The molecule has 25 heavy (non-hydrogen) atoms. The molecule has 0 radical (unpaired) electrons. The Morgan fingerprint density at radius 1 is 1.16 bits per heavy atom. The molecule has 2 aliphatic carbocycles. The van der Waals surface area contributed by atoms with Crippen LogP contribution in [0.25, 0.3) is 0 Å². The van der Waals surface area contributed by atoms with Crippen molar-refractivity contribution in [3.05, 3.63) is 29.3 Å². The van der Waals surface area contributed by atoms with Crippen molar-refractivity contribution in [1.29, 1.82) is 0 Å². The molecular formula is C22H31NO2. The maximum absolute atomic E-state index is 12.7. The number of ether oxygens (including phenoxy) is 1. The number of carbonyl (C=O) groups is 1. The highest BCUT2D eigenvalue weighted by Crippen LogP contribution is 2.44. The van der Waals surface area contributed by atoms with E-state index in [1.165, 1.54) is 56.1 Å². The Labute approximate surface area is 151 Å². The number of carbonyl (C=O) groups excluding carboxylic acids is 1. The zero-order chi connectivity index (χ0) is 17.2. The fourth-order valence-electron chi connectivity index (χ4n) is 5.52. The van der Waals surface area contributed by atoms with Gasteiger partial charge in [0, 0.05) is 24.9 Å². The smallest absolute Gasteiger partial charge is 0.223 e. The number of rotatable bonds is 5. The highest BCUT2D eigenvalue weighted by atomic mass is 16.5. The van der Waals surface area contributed by atoms with Crippen molar-refractivity contribution in [2.24, 2.45) is 5.92 Å². The maximum atomic E-state index is 12.7. The minimum Gasteiger partial charge on any atom is -0.496 e. The molecule has 1 saturated carbocycles. The second-order valence-electron chi connectivity index (χ2n) is 8.18. The van der Waals surface area contributed by atoms with E-state index in [0.717, 1.165) is 31.1 Å². The van der Waals surface area contributed by atoms with Crippen LogP contribution in [0.2, 0.25) is 0 Å². The van der Waals surface area contributed by atoms with Crippen molar-refractivity contribution in [1.82, 2.24) is 4.90 Å². The fraction of sp³-hybridized carbons (Fsp3) is 0.682. The Hall–Kier alpha value is -1.51. The van der Waals surface area contributed by atoms with Crippen LogP contribution in [0.3, 0.4) is 0 Å². The monoisotopic (exact) mass is 341 g/mol. The van der Waals surface area contributed by atoms with Crippen molar-refractivity contribution >= 4 is 5.91 Å². The summed E-state index contributed by atoms with van der Waals surface area (Å²) in [5, 5.41) is 0. The van der Waals surface area contributed by atoms with E-state index in [2.05, 4.69) is 23.1 Å². The Morgan fingerprint density at radius 2 is 2.00 bits per heavy atom. The van der Waals surface area contributed by atoms with E-state index in [1.807, 2.05) is 0 Å². The topological polar surface area (TPSA) is 29.5 Å². The van der Waals surface area contributed by atoms with Crippen molar-refractivity contribution < 1.29 is 9.53 Å². The molecule has 136 valence electrons. The van der Waals surface area contributed by atoms with Gasteiger partial charge in [0.2, 0.25) is 5.91 Å². The summed E-state index contributed by atoms with van der Waals surface area (Å²) in [7, 11) is 1.75. The number of likely N-dealkylation sites (tertiary alicyclic amines) is 1. The lowest BCUT2D eigenvalue weighted by atomic mass is 9.79. The van der Waals surface area contributed by atoms with Gasteiger partial charge in [-0.3, -0.25) is 4.79 Å². The average molecular weight is 341 g/mol. The van der Waals surface area contributed by atoms with E-state index in [-0.39, 0.29) is 0 Å². The van der Waals surface area contributed by atoms with E-state index >= 15 is 0 Å². The zero-order valence-electron chi connectivity index (χ0n) is 15.5. The van der Waals surface area contributed by atoms with Crippen LogP contribution in [0.5, 0.6) is 5.75 Å². The molecule has 1 saturated heterocycles. The third-order valence-electron chi connectivity index (χ3n) is 6.79. The summed E-state index contributed by atoms with van der Waals surface area (Å²) in [5.41, 5.74) is 2.70. The van der Waals surface area contributed by atoms with Crippen LogP contribution < -0.4 is 4.74 Å². The van der Waals surface area contributed by atoms with Gasteiger partial charge in [-0.1, -0.05) is 44.2 Å². The van der Waals surface area contributed by atoms with Crippen LogP contribution in [-0.4, -0.2) is 30.5 Å².